The highest BCUT2D eigenvalue weighted by molar-refractivity contribution is 7.95. The maximum atomic E-state index is 12.9. The largest absolute Gasteiger partial charge is 0.346 e. The molecule has 166 valence electrons. The van der Waals surface area contributed by atoms with E-state index in [2.05, 4.69) is 14.6 Å². The van der Waals surface area contributed by atoms with E-state index in [4.69, 9.17) is 0 Å². The van der Waals surface area contributed by atoms with Crippen molar-refractivity contribution in [3.8, 4) is 0 Å². The average Bonchev–Trinajstić information content (AvgIpc) is 3.23. The van der Waals surface area contributed by atoms with Gasteiger partial charge >= 0.3 is 0 Å². The molecule has 1 amide bonds. The molecule has 32 heavy (non-hydrogen) atoms. The maximum Gasteiger partial charge on any atom is 0.255 e. The van der Waals surface area contributed by atoms with Gasteiger partial charge in [-0.05, 0) is 42.3 Å². The van der Waals surface area contributed by atoms with Crippen LogP contribution in [0.1, 0.15) is 22.3 Å². The summed E-state index contributed by atoms with van der Waals surface area (Å²) in [7, 11) is -3.66. The number of carbonyl (C=O) groups is 1. The zero-order valence-corrected chi connectivity index (χ0v) is 19.1. The summed E-state index contributed by atoms with van der Waals surface area (Å²) in [4.78, 5) is 21.4. The molecule has 0 radical (unpaired) electrons. The number of amides is 1. The molecule has 9 heteroatoms. The number of thiazole rings is 1. The van der Waals surface area contributed by atoms with E-state index in [-0.39, 0.29) is 5.91 Å². The minimum absolute atomic E-state index is 0.0515. The van der Waals surface area contributed by atoms with Crippen LogP contribution in [-0.2, 0) is 10.0 Å². The van der Waals surface area contributed by atoms with Crippen LogP contribution in [0.5, 0.6) is 0 Å². The number of anilines is 2. The molecule has 1 aliphatic rings. The Morgan fingerprint density at radius 2 is 1.78 bits per heavy atom. The Balaban J connectivity index is 1.36. The van der Waals surface area contributed by atoms with Crippen molar-refractivity contribution in [2.24, 2.45) is 0 Å². The van der Waals surface area contributed by atoms with Crippen LogP contribution in [0.3, 0.4) is 0 Å². The smallest absolute Gasteiger partial charge is 0.255 e. The fraction of sp³-hybridized carbons (Fsp3) is 0.217. The second kappa shape index (κ2) is 9.97. The molecule has 0 atom stereocenters. The Bertz CT molecular complexity index is 1160. The van der Waals surface area contributed by atoms with Gasteiger partial charge in [0.25, 0.3) is 15.9 Å². The molecule has 0 saturated carbocycles. The molecule has 7 nitrogen and oxygen atoms in total. The van der Waals surface area contributed by atoms with Gasteiger partial charge in [0.1, 0.15) is 0 Å². The monoisotopic (exact) mass is 468 g/mol. The van der Waals surface area contributed by atoms with Gasteiger partial charge in [-0.25, -0.2) is 13.4 Å². The second-order valence-electron chi connectivity index (χ2n) is 7.39. The molecule has 1 fully saturated rings. The molecular formula is C23H24N4O3S2. The first kappa shape index (κ1) is 22.0. The minimum Gasteiger partial charge on any atom is -0.346 e. The van der Waals surface area contributed by atoms with Gasteiger partial charge < -0.3 is 9.80 Å². The van der Waals surface area contributed by atoms with E-state index < -0.39 is 10.0 Å². The van der Waals surface area contributed by atoms with Crippen molar-refractivity contribution in [2.45, 2.75) is 6.42 Å². The lowest BCUT2D eigenvalue weighted by Gasteiger charge is -2.22. The molecule has 4 rings (SSSR count). The molecule has 0 bridgehead atoms. The van der Waals surface area contributed by atoms with Gasteiger partial charge in [-0.15, -0.1) is 11.3 Å². The van der Waals surface area contributed by atoms with Crippen LogP contribution in [0.25, 0.3) is 6.08 Å². The minimum atomic E-state index is -3.66. The summed E-state index contributed by atoms with van der Waals surface area (Å²) >= 11 is 1.60. The van der Waals surface area contributed by atoms with Gasteiger partial charge in [0.2, 0.25) is 0 Å². The highest BCUT2D eigenvalue weighted by atomic mass is 32.2. The van der Waals surface area contributed by atoms with E-state index in [9.17, 15) is 13.2 Å². The molecule has 1 N–H and O–H groups in total. The van der Waals surface area contributed by atoms with Crippen molar-refractivity contribution in [3.05, 3.63) is 82.7 Å². The quantitative estimate of drug-likeness (QED) is 0.593. The topological polar surface area (TPSA) is 82.6 Å². The summed E-state index contributed by atoms with van der Waals surface area (Å²) in [5.74, 6) is -0.0515. The van der Waals surface area contributed by atoms with Gasteiger partial charge in [-0.3, -0.25) is 9.52 Å². The third-order valence-electron chi connectivity index (χ3n) is 5.10. The van der Waals surface area contributed by atoms with E-state index in [1.54, 1.807) is 41.8 Å². The van der Waals surface area contributed by atoms with E-state index in [1.165, 1.54) is 6.08 Å². The van der Waals surface area contributed by atoms with Crippen LogP contribution < -0.4 is 9.62 Å². The van der Waals surface area contributed by atoms with Crippen molar-refractivity contribution in [1.29, 1.82) is 0 Å². The van der Waals surface area contributed by atoms with Crippen LogP contribution >= 0.6 is 11.3 Å². The summed E-state index contributed by atoms with van der Waals surface area (Å²) in [5.41, 5.74) is 1.74. The van der Waals surface area contributed by atoms with Crippen molar-refractivity contribution in [3.63, 3.8) is 0 Å². The molecule has 0 unspecified atom stereocenters. The average molecular weight is 469 g/mol. The standard InChI is InChI=1S/C23H24N4O3S2/c28-22(26-13-4-14-27(16-15-26)23-24-12-17-31-23)20-7-9-21(10-8-20)25-32(29,30)18-11-19-5-2-1-3-6-19/h1-3,5-12,17-18,25H,4,13-16H2/b18-11+. The first-order chi connectivity index (χ1) is 15.5. The fourth-order valence-corrected chi connectivity index (χ4v) is 5.04. The molecular weight excluding hydrogens is 444 g/mol. The molecule has 1 aliphatic heterocycles. The molecule has 0 aliphatic carbocycles. The van der Waals surface area contributed by atoms with Crippen LogP contribution in [0.15, 0.2) is 71.6 Å². The normalized spacial score (nSPS) is 15.0. The van der Waals surface area contributed by atoms with E-state index in [0.29, 0.717) is 24.3 Å². The number of rotatable bonds is 6. The molecule has 1 saturated heterocycles. The third kappa shape index (κ3) is 5.74. The van der Waals surface area contributed by atoms with E-state index in [1.807, 2.05) is 40.6 Å². The van der Waals surface area contributed by atoms with Gasteiger partial charge in [-0.1, -0.05) is 30.3 Å². The zero-order valence-electron chi connectivity index (χ0n) is 17.4. The van der Waals surface area contributed by atoms with Crippen LogP contribution in [-0.4, -0.2) is 50.4 Å². The third-order valence-corrected chi connectivity index (χ3v) is 6.95. The Kier molecular flexibility index (Phi) is 6.87. The van der Waals surface area contributed by atoms with Crippen molar-refractivity contribution in [2.75, 3.05) is 35.8 Å². The summed E-state index contributed by atoms with van der Waals surface area (Å²) < 4.78 is 27.2. The van der Waals surface area contributed by atoms with E-state index >= 15 is 0 Å². The number of benzene rings is 2. The maximum absolute atomic E-state index is 12.9. The molecule has 2 aromatic carbocycles. The summed E-state index contributed by atoms with van der Waals surface area (Å²) in [6, 6.07) is 15.7. The summed E-state index contributed by atoms with van der Waals surface area (Å²) in [5, 5.41) is 4.07. The summed E-state index contributed by atoms with van der Waals surface area (Å²) in [6.45, 7) is 2.91. The Hall–Kier alpha value is -3.17. The van der Waals surface area contributed by atoms with Crippen LogP contribution in [0.2, 0.25) is 0 Å². The molecule has 3 aromatic rings. The molecule has 1 aromatic heterocycles. The van der Waals surface area contributed by atoms with Gasteiger partial charge in [0.15, 0.2) is 5.13 Å². The Morgan fingerprint density at radius 3 is 2.50 bits per heavy atom. The number of hydrogen-bond donors (Lipinski definition) is 1. The van der Waals surface area contributed by atoms with Gasteiger partial charge in [0.05, 0.1) is 5.41 Å². The Morgan fingerprint density at radius 1 is 1.00 bits per heavy atom. The number of carbonyl (C=O) groups excluding carboxylic acids is 1. The lowest BCUT2D eigenvalue weighted by atomic mass is 10.2. The Labute approximate surface area is 192 Å². The van der Waals surface area contributed by atoms with Gasteiger partial charge in [0, 0.05) is 49.0 Å². The highest BCUT2D eigenvalue weighted by Gasteiger charge is 2.21. The number of hydrogen-bond acceptors (Lipinski definition) is 6. The first-order valence-corrected chi connectivity index (χ1v) is 12.7. The van der Waals surface area contributed by atoms with Gasteiger partial charge in [-0.2, -0.15) is 0 Å². The van der Waals surface area contributed by atoms with Crippen molar-refractivity contribution >= 4 is 44.2 Å². The number of nitrogens with zero attached hydrogens (tertiary/aromatic N) is 3. The fourth-order valence-electron chi connectivity index (χ4n) is 3.48. The van der Waals surface area contributed by atoms with E-state index in [0.717, 1.165) is 35.6 Å². The van der Waals surface area contributed by atoms with Crippen molar-refractivity contribution < 1.29 is 13.2 Å². The second-order valence-corrected chi connectivity index (χ2v) is 9.82. The van der Waals surface area contributed by atoms with Crippen molar-refractivity contribution in [1.82, 2.24) is 9.88 Å². The van der Waals surface area contributed by atoms with Crippen LogP contribution in [0, 0.1) is 0 Å². The molecule has 0 spiro atoms. The highest BCUT2D eigenvalue weighted by Crippen LogP contribution is 2.20. The summed E-state index contributed by atoms with van der Waals surface area (Å²) in [6.07, 6.45) is 4.20. The number of sulfonamides is 1. The molecule has 2 heterocycles. The lowest BCUT2D eigenvalue weighted by Crippen LogP contribution is -2.35. The van der Waals surface area contributed by atoms with Crippen LogP contribution in [0.4, 0.5) is 10.8 Å². The zero-order chi connectivity index (χ0) is 22.4. The number of nitrogens with one attached hydrogen (secondary N) is 1. The SMILES string of the molecule is O=C(c1ccc(NS(=O)(=O)/C=C/c2ccccc2)cc1)N1CCCN(c2nccs2)CC1. The predicted octanol–water partition coefficient (Wildman–Crippen LogP) is 3.91. The lowest BCUT2D eigenvalue weighted by molar-refractivity contribution is 0.0767. The number of aromatic nitrogens is 1. The predicted molar refractivity (Wildman–Crippen MR) is 129 cm³/mol. The first-order valence-electron chi connectivity index (χ1n) is 10.3.